The van der Waals surface area contributed by atoms with E-state index in [1.165, 1.54) is 5.56 Å². The SMILES string of the molecule is CN(CCc1ccncc1)CC(=O)Nc1cccc(Cl)c1Cl. The first-order valence-corrected chi connectivity index (χ1v) is 7.63. The van der Waals surface area contributed by atoms with Gasteiger partial charge in [0.1, 0.15) is 0 Å². The molecule has 1 heterocycles. The van der Waals surface area contributed by atoms with Crippen LogP contribution >= 0.6 is 23.2 Å². The summed E-state index contributed by atoms with van der Waals surface area (Å²) in [4.78, 5) is 18.0. The number of carbonyl (C=O) groups is 1. The van der Waals surface area contributed by atoms with Crippen molar-refractivity contribution in [3.05, 3.63) is 58.3 Å². The van der Waals surface area contributed by atoms with Crippen LogP contribution in [0.3, 0.4) is 0 Å². The maximum Gasteiger partial charge on any atom is 0.238 e. The molecule has 0 unspecified atom stereocenters. The van der Waals surface area contributed by atoms with Crippen molar-refractivity contribution in [3.8, 4) is 0 Å². The molecule has 0 radical (unpaired) electrons. The van der Waals surface area contributed by atoms with Gasteiger partial charge in [-0.1, -0.05) is 29.3 Å². The van der Waals surface area contributed by atoms with E-state index < -0.39 is 0 Å². The number of hydrogen-bond acceptors (Lipinski definition) is 3. The number of likely N-dealkylation sites (N-methyl/N-ethyl adjacent to an activating group) is 1. The van der Waals surface area contributed by atoms with Gasteiger partial charge in [-0.3, -0.25) is 14.7 Å². The summed E-state index contributed by atoms with van der Waals surface area (Å²) >= 11 is 12.0. The lowest BCUT2D eigenvalue weighted by molar-refractivity contribution is -0.117. The Morgan fingerprint density at radius 3 is 2.68 bits per heavy atom. The monoisotopic (exact) mass is 337 g/mol. The van der Waals surface area contributed by atoms with Crippen LogP contribution in [0.2, 0.25) is 10.0 Å². The fourth-order valence-electron chi connectivity index (χ4n) is 1.98. The molecule has 4 nitrogen and oxygen atoms in total. The van der Waals surface area contributed by atoms with Crippen molar-refractivity contribution >= 4 is 34.8 Å². The lowest BCUT2D eigenvalue weighted by Gasteiger charge is -2.16. The molecule has 1 N–H and O–H groups in total. The molecular weight excluding hydrogens is 321 g/mol. The predicted molar refractivity (Wildman–Crippen MR) is 90.5 cm³/mol. The highest BCUT2D eigenvalue weighted by Crippen LogP contribution is 2.29. The van der Waals surface area contributed by atoms with Crippen molar-refractivity contribution in [2.24, 2.45) is 0 Å². The summed E-state index contributed by atoms with van der Waals surface area (Å²) in [5.74, 6) is -0.124. The second-order valence-electron chi connectivity index (χ2n) is 4.99. The minimum absolute atomic E-state index is 0.124. The van der Waals surface area contributed by atoms with Crippen molar-refractivity contribution in [2.75, 3.05) is 25.5 Å². The zero-order valence-electron chi connectivity index (χ0n) is 12.2. The molecule has 0 spiro atoms. The molecule has 2 rings (SSSR count). The van der Waals surface area contributed by atoms with Crippen LogP contribution in [0, 0.1) is 0 Å². The number of rotatable bonds is 6. The Bertz CT molecular complexity index is 635. The van der Waals surface area contributed by atoms with Gasteiger partial charge in [0.15, 0.2) is 0 Å². The third-order valence-corrected chi connectivity index (χ3v) is 3.99. The molecule has 6 heteroatoms. The Morgan fingerprint density at radius 1 is 1.23 bits per heavy atom. The number of anilines is 1. The Hall–Kier alpha value is -1.62. The minimum atomic E-state index is -0.124. The van der Waals surface area contributed by atoms with Crippen LogP contribution in [-0.4, -0.2) is 35.9 Å². The highest BCUT2D eigenvalue weighted by molar-refractivity contribution is 6.43. The molecule has 0 aliphatic heterocycles. The van der Waals surface area contributed by atoms with E-state index in [1.54, 1.807) is 30.6 Å². The summed E-state index contributed by atoms with van der Waals surface area (Å²) in [6.45, 7) is 1.06. The molecule has 0 fully saturated rings. The van der Waals surface area contributed by atoms with E-state index in [1.807, 2.05) is 24.1 Å². The van der Waals surface area contributed by atoms with Gasteiger partial charge in [0.2, 0.25) is 5.91 Å². The Morgan fingerprint density at radius 2 is 1.95 bits per heavy atom. The maximum absolute atomic E-state index is 12.0. The van der Waals surface area contributed by atoms with Crippen LogP contribution in [-0.2, 0) is 11.2 Å². The first-order chi connectivity index (χ1) is 10.6. The van der Waals surface area contributed by atoms with Crippen LogP contribution in [0.1, 0.15) is 5.56 Å². The zero-order valence-corrected chi connectivity index (χ0v) is 13.7. The van der Waals surface area contributed by atoms with E-state index >= 15 is 0 Å². The van der Waals surface area contributed by atoms with Gasteiger partial charge in [-0.15, -0.1) is 0 Å². The zero-order chi connectivity index (χ0) is 15.9. The average molecular weight is 338 g/mol. The second-order valence-corrected chi connectivity index (χ2v) is 5.78. The molecule has 1 aromatic carbocycles. The first-order valence-electron chi connectivity index (χ1n) is 6.87. The quantitative estimate of drug-likeness (QED) is 0.877. The summed E-state index contributed by atoms with van der Waals surface area (Å²) in [6.07, 6.45) is 4.40. The van der Waals surface area contributed by atoms with Gasteiger partial charge in [0.05, 0.1) is 22.3 Å². The Kier molecular flexibility index (Phi) is 6.19. The number of hydrogen-bond donors (Lipinski definition) is 1. The van der Waals surface area contributed by atoms with E-state index in [0.717, 1.165) is 13.0 Å². The van der Waals surface area contributed by atoms with E-state index in [2.05, 4.69) is 10.3 Å². The second kappa shape index (κ2) is 8.13. The molecule has 0 saturated heterocycles. The van der Waals surface area contributed by atoms with Crippen LogP contribution in [0.5, 0.6) is 0 Å². The third kappa shape index (κ3) is 4.98. The molecular formula is C16H17Cl2N3O. The lowest BCUT2D eigenvalue weighted by Crippen LogP contribution is -2.31. The normalized spacial score (nSPS) is 10.7. The molecule has 1 amide bonds. The minimum Gasteiger partial charge on any atom is -0.324 e. The van der Waals surface area contributed by atoms with Gasteiger partial charge in [-0.25, -0.2) is 0 Å². The molecule has 2 aromatic rings. The summed E-state index contributed by atoms with van der Waals surface area (Å²) < 4.78 is 0. The predicted octanol–water partition coefficient (Wildman–Crippen LogP) is 3.50. The van der Waals surface area contributed by atoms with Gasteiger partial charge >= 0.3 is 0 Å². The van der Waals surface area contributed by atoms with E-state index in [4.69, 9.17) is 23.2 Å². The molecule has 0 atom stereocenters. The number of nitrogens with zero attached hydrogens (tertiary/aromatic N) is 2. The molecule has 1 aromatic heterocycles. The standard InChI is InChI=1S/C16H17Cl2N3O/c1-21(10-7-12-5-8-19-9-6-12)11-15(22)20-14-4-2-3-13(17)16(14)18/h2-6,8-9H,7,10-11H2,1H3,(H,20,22). The highest BCUT2D eigenvalue weighted by Gasteiger charge is 2.10. The summed E-state index contributed by atoms with van der Waals surface area (Å²) in [6, 6.07) is 9.10. The number of carbonyl (C=O) groups excluding carboxylic acids is 1. The first kappa shape index (κ1) is 16.7. The number of halogens is 2. The van der Waals surface area contributed by atoms with E-state index in [0.29, 0.717) is 15.7 Å². The summed E-state index contributed by atoms with van der Waals surface area (Å²) in [7, 11) is 1.90. The van der Waals surface area contributed by atoms with Gasteiger partial charge in [0.25, 0.3) is 0 Å². The van der Waals surface area contributed by atoms with E-state index in [-0.39, 0.29) is 12.5 Å². The molecule has 0 aliphatic rings. The maximum atomic E-state index is 12.0. The van der Waals surface area contributed by atoms with Crippen molar-refractivity contribution < 1.29 is 4.79 Å². The average Bonchev–Trinajstić information content (AvgIpc) is 2.51. The number of aromatic nitrogens is 1. The lowest BCUT2D eigenvalue weighted by atomic mass is 10.2. The Balaban J connectivity index is 1.82. The topological polar surface area (TPSA) is 45.2 Å². The summed E-state index contributed by atoms with van der Waals surface area (Å²) in [5, 5.41) is 3.55. The molecule has 0 bridgehead atoms. The molecule has 22 heavy (non-hydrogen) atoms. The van der Waals surface area contributed by atoms with Crippen molar-refractivity contribution in [1.82, 2.24) is 9.88 Å². The van der Waals surface area contributed by atoms with Crippen molar-refractivity contribution in [1.29, 1.82) is 0 Å². The fraction of sp³-hybridized carbons (Fsp3) is 0.250. The summed E-state index contributed by atoms with van der Waals surface area (Å²) in [5.41, 5.74) is 1.72. The van der Waals surface area contributed by atoms with Crippen molar-refractivity contribution in [2.45, 2.75) is 6.42 Å². The Labute approximate surface area is 140 Å². The van der Waals surface area contributed by atoms with Crippen LogP contribution in [0.4, 0.5) is 5.69 Å². The van der Waals surface area contributed by atoms with Gasteiger partial charge in [0, 0.05) is 18.9 Å². The van der Waals surface area contributed by atoms with Gasteiger partial charge in [-0.05, 0) is 43.3 Å². The van der Waals surface area contributed by atoms with Gasteiger partial charge < -0.3 is 5.32 Å². The van der Waals surface area contributed by atoms with Gasteiger partial charge in [-0.2, -0.15) is 0 Å². The van der Waals surface area contributed by atoms with Crippen molar-refractivity contribution in [3.63, 3.8) is 0 Å². The fourth-order valence-corrected chi connectivity index (χ4v) is 2.33. The largest absolute Gasteiger partial charge is 0.324 e. The number of pyridine rings is 1. The number of amides is 1. The van der Waals surface area contributed by atoms with Crippen LogP contribution < -0.4 is 5.32 Å². The number of nitrogens with one attached hydrogen (secondary N) is 1. The number of benzene rings is 1. The molecule has 0 saturated carbocycles. The molecule has 116 valence electrons. The van der Waals surface area contributed by atoms with Crippen LogP contribution in [0.25, 0.3) is 0 Å². The smallest absolute Gasteiger partial charge is 0.238 e. The van der Waals surface area contributed by atoms with E-state index in [9.17, 15) is 4.79 Å². The van der Waals surface area contributed by atoms with Crippen LogP contribution in [0.15, 0.2) is 42.7 Å². The third-order valence-electron chi connectivity index (χ3n) is 3.17. The molecule has 0 aliphatic carbocycles. The highest BCUT2D eigenvalue weighted by atomic mass is 35.5.